The van der Waals surface area contributed by atoms with E-state index in [9.17, 15) is 4.79 Å². The summed E-state index contributed by atoms with van der Waals surface area (Å²) in [6.07, 6.45) is 0.901. The van der Waals surface area contributed by atoms with Crippen LogP contribution in [-0.4, -0.2) is 18.7 Å². The first-order chi connectivity index (χ1) is 11.1. The first kappa shape index (κ1) is 15.7. The van der Waals surface area contributed by atoms with E-state index in [-0.39, 0.29) is 12.1 Å². The Morgan fingerprint density at radius 1 is 1.30 bits per heavy atom. The molecule has 5 heteroatoms. The molecule has 0 saturated heterocycles. The van der Waals surface area contributed by atoms with Crippen LogP contribution in [0.4, 0.5) is 16.2 Å². The fraction of sp³-hybridized carbons (Fsp3) is 0.278. The minimum Gasteiger partial charge on any atom is -0.487 e. The molecule has 3 rings (SSSR count). The second kappa shape index (κ2) is 6.50. The van der Waals surface area contributed by atoms with E-state index >= 15 is 0 Å². The summed E-state index contributed by atoms with van der Waals surface area (Å²) in [4.78, 5) is 14.3. The van der Waals surface area contributed by atoms with E-state index in [0.29, 0.717) is 23.0 Å². The number of halogens is 1. The highest BCUT2D eigenvalue weighted by molar-refractivity contribution is 6.31. The van der Waals surface area contributed by atoms with Crippen molar-refractivity contribution in [2.75, 3.05) is 16.8 Å². The van der Waals surface area contributed by atoms with E-state index in [2.05, 4.69) is 12.2 Å². The van der Waals surface area contributed by atoms with Crippen LogP contribution in [0.3, 0.4) is 0 Å². The number of aryl methyl sites for hydroxylation is 1. The molecular formula is C18H19ClN2O2. The largest absolute Gasteiger partial charge is 0.487 e. The Morgan fingerprint density at radius 2 is 2.04 bits per heavy atom. The molecule has 2 amide bonds. The van der Waals surface area contributed by atoms with Crippen LogP contribution >= 0.6 is 11.6 Å². The van der Waals surface area contributed by atoms with Crippen molar-refractivity contribution in [1.29, 1.82) is 0 Å². The first-order valence-corrected chi connectivity index (χ1v) is 8.08. The Balaban J connectivity index is 1.83. The number of nitrogens with zero attached hydrogens (tertiary/aromatic N) is 1. The zero-order chi connectivity index (χ0) is 16.4. The smallest absolute Gasteiger partial charge is 0.326 e. The van der Waals surface area contributed by atoms with Gasteiger partial charge in [0, 0.05) is 10.7 Å². The van der Waals surface area contributed by atoms with Crippen molar-refractivity contribution >= 4 is 29.0 Å². The Hall–Kier alpha value is -2.20. The number of carbonyl (C=O) groups excluding carboxylic acids is 1. The van der Waals surface area contributed by atoms with E-state index in [1.165, 1.54) is 5.56 Å². The van der Waals surface area contributed by atoms with Gasteiger partial charge in [-0.15, -0.1) is 0 Å². The Labute approximate surface area is 141 Å². The number of hydrogen-bond acceptors (Lipinski definition) is 2. The van der Waals surface area contributed by atoms with Gasteiger partial charge in [0.1, 0.15) is 11.9 Å². The highest BCUT2D eigenvalue weighted by Gasteiger charge is 2.27. The number of rotatable bonds is 2. The summed E-state index contributed by atoms with van der Waals surface area (Å²) < 4.78 is 5.77. The van der Waals surface area contributed by atoms with Crippen molar-refractivity contribution in [3.63, 3.8) is 0 Å². The van der Waals surface area contributed by atoms with E-state index in [0.717, 1.165) is 12.1 Å². The average Bonchev–Trinajstić information content (AvgIpc) is 2.55. The summed E-state index contributed by atoms with van der Waals surface area (Å²) in [5.74, 6) is 0.671. The quantitative estimate of drug-likeness (QED) is 0.865. The van der Waals surface area contributed by atoms with Gasteiger partial charge < -0.3 is 10.1 Å². The predicted octanol–water partition coefficient (Wildman–Crippen LogP) is 4.72. The molecule has 120 valence electrons. The second-order valence-electron chi connectivity index (χ2n) is 5.63. The molecule has 0 fully saturated rings. The van der Waals surface area contributed by atoms with Crippen LogP contribution in [0, 0.1) is 0 Å². The fourth-order valence-electron chi connectivity index (χ4n) is 2.62. The highest BCUT2D eigenvalue weighted by atomic mass is 35.5. The zero-order valence-corrected chi connectivity index (χ0v) is 13.9. The number of urea groups is 1. The molecule has 1 N–H and O–H groups in total. The van der Waals surface area contributed by atoms with Gasteiger partial charge in [-0.25, -0.2) is 4.79 Å². The zero-order valence-electron chi connectivity index (χ0n) is 13.2. The van der Waals surface area contributed by atoms with E-state index in [1.54, 1.807) is 23.1 Å². The number of anilines is 2. The van der Waals surface area contributed by atoms with Crippen molar-refractivity contribution in [3.8, 4) is 5.75 Å². The van der Waals surface area contributed by atoms with E-state index in [4.69, 9.17) is 16.3 Å². The van der Waals surface area contributed by atoms with Gasteiger partial charge in [0.15, 0.2) is 0 Å². The maximum absolute atomic E-state index is 12.7. The third-order valence-electron chi connectivity index (χ3n) is 3.84. The van der Waals surface area contributed by atoms with Crippen LogP contribution in [0.25, 0.3) is 0 Å². The molecule has 0 spiro atoms. The molecule has 4 nitrogen and oxygen atoms in total. The molecule has 23 heavy (non-hydrogen) atoms. The van der Waals surface area contributed by atoms with Crippen molar-refractivity contribution in [2.45, 2.75) is 26.4 Å². The van der Waals surface area contributed by atoms with Gasteiger partial charge in [-0.05, 0) is 49.2 Å². The van der Waals surface area contributed by atoms with Crippen LogP contribution in [-0.2, 0) is 6.42 Å². The molecule has 0 aliphatic carbocycles. The lowest BCUT2D eigenvalue weighted by Crippen LogP contribution is -2.44. The van der Waals surface area contributed by atoms with E-state index < -0.39 is 0 Å². The molecular weight excluding hydrogens is 312 g/mol. The third kappa shape index (κ3) is 3.42. The van der Waals surface area contributed by atoms with Crippen LogP contribution in [0.2, 0.25) is 5.02 Å². The van der Waals surface area contributed by atoms with Gasteiger partial charge in [0.2, 0.25) is 0 Å². The summed E-state index contributed by atoms with van der Waals surface area (Å²) >= 11 is 6.06. The van der Waals surface area contributed by atoms with Crippen LogP contribution in [0.1, 0.15) is 19.4 Å². The number of fused-ring (bicyclic) bond motifs is 1. The Morgan fingerprint density at radius 3 is 2.74 bits per heavy atom. The highest BCUT2D eigenvalue weighted by Crippen LogP contribution is 2.36. The first-order valence-electron chi connectivity index (χ1n) is 7.70. The summed E-state index contributed by atoms with van der Waals surface area (Å²) in [6.45, 7) is 4.52. The third-order valence-corrected chi connectivity index (χ3v) is 4.07. The molecule has 1 aliphatic heterocycles. The lowest BCUT2D eigenvalue weighted by molar-refractivity contribution is 0.208. The van der Waals surface area contributed by atoms with Gasteiger partial charge in [-0.2, -0.15) is 0 Å². The monoisotopic (exact) mass is 330 g/mol. The summed E-state index contributed by atoms with van der Waals surface area (Å²) in [5.41, 5.74) is 2.70. The molecule has 0 aromatic heterocycles. The molecule has 2 aromatic carbocycles. The molecule has 0 bridgehead atoms. The molecule has 1 heterocycles. The Bertz CT molecular complexity index is 715. The summed E-state index contributed by atoms with van der Waals surface area (Å²) in [7, 11) is 0. The van der Waals surface area contributed by atoms with Crippen molar-refractivity contribution in [1.82, 2.24) is 0 Å². The van der Waals surface area contributed by atoms with Gasteiger partial charge in [0.25, 0.3) is 0 Å². The summed E-state index contributed by atoms with van der Waals surface area (Å²) in [5, 5.41) is 3.51. The average molecular weight is 331 g/mol. The molecule has 2 aromatic rings. The second-order valence-corrected chi connectivity index (χ2v) is 6.07. The number of carbonyl (C=O) groups is 1. The molecule has 0 saturated carbocycles. The number of nitrogens with one attached hydrogen (secondary N) is 1. The van der Waals surface area contributed by atoms with Crippen LogP contribution in [0.5, 0.6) is 5.75 Å². The number of hydrogen-bond donors (Lipinski definition) is 1. The topological polar surface area (TPSA) is 41.6 Å². The van der Waals surface area contributed by atoms with Gasteiger partial charge in [-0.1, -0.05) is 30.7 Å². The van der Waals surface area contributed by atoms with Gasteiger partial charge >= 0.3 is 6.03 Å². The lowest BCUT2D eigenvalue weighted by atomic mass is 10.1. The molecule has 1 aliphatic rings. The van der Waals surface area contributed by atoms with E-state index in [1.807, 2.05) is 31.2 Å². The van der Waals surface area contributed by atoms with Crippen molar-refractivity contribution < 1.29 is 9.53 Å². The summed E-state index contributed by atoms with van der Waals surface area (Å²) in [6, 6.07) is 13.0. The predicted molar refractivity (Wildman–Crippen MR) is 93.7 cm³/mol. The lowest BCUT2D eigenvalue weighted by Gasteiger charge is -2.33. The normalized spacial score (nSPS) is 16.5. The fourth-order valence-corrected chi connectivity index (χ4v) is 2.78. The van der Waals surface area contributed by atoms with Crippen LogP contribution < -0.4 is 15.0 Å². The van der Waals surface area contributed by atoms with Crippen molar-refractivity contribution in [2.24, 2.45) is 0 Å². The minimum atomic E-state index is -0.187. The maximum Gasteiger partial charge on any atom is 0.326 e. The van der Waals surface area contributed by atoms with Crippen molar-refractivity contribution in [3.05, 3.63) is 53.1 Å². The standard InChI is InChI=1S/C18H19ClN2O2/c1-3-13-4-7-15(8-5-13)20-18(22)21-11-12(2)23-17-9-6-14(19)10-16(17)21/h4-10,12H,3,11H2,1-2H3,(H,20,22)/t12-/m0/s1. The maximum atomic E-state index is 12.7. The molecule has 0 unspecified atom stereocenters. The van der Waals surface area contributed by atoms with Gasteiger partial charge in [0.05, 0.1) is 12.2 Å². The Kier molecular flexibility index (Phi) is 4.44. The van der Waals surface area contributed by atoms with Gasteiger partial charge in [-0.3, -0.25) is 4.90 Å². The minimum absolute atomic E-state index is 0.0723. The SMILES string of the molecule is CCc1ccc(NC(=O)N2C[C@H](C)Oc3ccc(Cl)cc32)cc1. The number of ether oxygens (including phenoxy) is 1. The molecule has 0 radical (unpaired) electrons. The van der Waals surface area contributed by atoms with Crippen LogP contribution in [0.15, 0.2) is 42.5 Å². The molecule has 1 atom stereocenters. The number of amides is 2. The number of benzene rings is 2.